The van der Waals surface area contributed by atoms with E-state index in [-0.39, 0.29) is 12.5 Å². The average Bonchev–Trinajstić information content (AvgIpc) is 2.48. The fourth-order valence-corrected chi connectivity index (χ4v) is 2.53. The van der Waals surface area contributed by atoms with Gasteiger partial charge in [0.15, 0.2) is 0 Å². The molecular weight excluding hydrogens is 252 g/mol. The maximum absolute atomic E-state index is 12.5. The number of hydrogen-bond acceptors (Lipinski definition) is 3. The molecule has 1 N–H and O–H groups in total. The van der Waals surface area contributed by atoms with Crippen molar-refractivity contribution in [3.8, 4) is 0 Å². The lowest BCUT2D eigenvalue weighted by Crippen LogP contribution is -2.48. The minimum Gasteiger partial charge on any atom is -0.396 e. The second kappa shape index (κ2) is 6.86. The molecule has 2 rings (SSSR count). The van der Waals surface area contributed by atoms with Crippen LogP contribution >= 0.6 is 0 Å². The van der Waals surface area contributed by atoms with Crippen molar-refractivity contribution < 1.29 is 9.90 Å². The van der Waals surface area contributed by atoms with Crippen molar-refractivity contribution in [1.82, 2.24) is 9.80 Å². The van der Waals surface area contributed by atoms with Crippen LogP contribution in [0, 0.1) is 13.8 Å². The number of piperazine rings is 1. The van der Waals surface area contributed by atoms with Gasteiger partial charge >= 0.3 is 0 Å². The highest BCUT2D eigenvalue weighted by atomic mass is 16.3. The van der Waals surface area contributed by atoms with Gasteiger partial charge < -0.3 is 10.0 Å². The van der Waals surface area contributed by atoms with Crippen molar-refractivity contribution in [2.45, 2.75) is 20.3 Å². The van der Waals surface area contributed by atoms with E-state index in [9.17, 15) is 4.79 Å². The van der Waals surface area contributed by atoms with E-state index in [1.54, 1.807) is 0 Å². The summed E-state index contributed by atoms with van der Waals surface area (Å²) in [6.45, 7) is 8.61. The van der Waals surface area contributed by atoms with Gasteiger partial charge in [0.25, 0.3) is 5.91 Å². The van der Waals surface area contributed by atoms with Crippen molar-refractivity contribution in [1.29, 1.82) is 0 Å². The lowest BCUT2D eigenvalue weighted by molar-refractivity contribution is 0.0629. The van der Waals surface area contributed by atoms with Crippen LogP contribution in [0.15, 0.2) is 18.2 Å². The Morgan fingerprint density at radius 1 is 1.15 bits per heavy atom. The summed E-state index contributed by atoms with van der Waals surface area (Å²) in [5, 5.41) is 8.84. The zero-order valence-electron chi connectivity index (χ0n) is 12.4. The molecule has 1 fully saturated rings. The number of aliphatic hydroxyl groups is 1. The quantitative estimate of drug-likeness (QED) is 0.905. The molecule has 1 aliphatic rings. The van der Waals surface area contributed by atoms with Crippen LogP contribution in [0.25, 0.3) is 0 Å². The Bertz CT molecular complexity index is 466. The topological polar surface area (TPSA) is 43.8 Å². The Labute approximate surface area is 121 Å². The zero-order valence-corrected chi connectivity index (χ0v) is 12.4. The molecule has 0 saturated carbocycles. The molecule has 4 nitrogen and oxygen atoms in total. The van der Waals surface area contributed by atoms with Gasteiger partial charge in [-0.2, -0.15) is 0 Å². The Hall–Kier alpha value is -1.39. The van der Waals surface area contributed by atoms with E-state index in [1.807, 2.05) is 30.0 Å². The Morgan fingerprint density at radius 2 is 1.85 bits per heavy atom. The van der Waals surface area contributed by atoms with E-state index in [0.29, 0.717) is 0 Å². The van der Waals surface area contributed by atoms with Crippen LogP contribution in [0.2, 0.25) is 0 Å². The molecule has 0 spiro atoms. The minimum atomic E-state index is 0.134. The van der Waals surface area contributed by atoms with Crippen LogP contribution in [0.4, 0.5) is 0 Å². The molecule has 0 atom stereocenters. The van der Waals surface area contributed by atoms with Gasteiger partial charge in [-0.05, 0) is 43.5 Å². The maximum Gasteiger partial charge on any atom is 0.253 e. The van der Waals surface area contributed by atoms with Crippen LogP contribution in [-0.2, 0) is 0 Å². The molecule has 1 saturated heterocycles. The molecule has 1 heterocycles. The summed E-state index contributed by atoms with van der Waals surface area (Å²) in [6.07, 6.45) is 0.811. The summed E-state index contributed by atoms with van der Waals surface area (Å²) in [5.74, 6) is 0.134. The Balaban J connectivity index is 1.92. The van der Waals surface area contributed by atoms with Crippen molar-refractivity contribution >= 4 is 5.91 Å². The molecule has 4 heteroatoms. The van der Waals surface area contributed by atoms with Gasteiger partial charge in [-0.3, -0.25) is 9.69 Å². The van der Waals surface area contributed by atoms with E-state index >= 15 is 0 Å². The van der Waals surface area contributed by atoms with Crippen LogP contribution < -0.4 is 0 Å². The van der Waals surface area contributed by atoms with Gasteiger partial charge in [-0.15, -0.1) is 0 Å². The second-order valence-electron chi connectivity index (χ2n) is 5.51. The van der Waals surface area contributed by atoms with E-state index < -0.39 is 0 Å². The van der Waals surface area contributed by atoms with Crippen LogP contribution in [0.1, 0.15) is 27.9 Å². The van der Waals surface area contributed by atoms with Gasteiger partial charge in [0.1, 0.15) is 0 Å². The monoisotopic (exact) mass is 276 g/mol. The minimum absolute atomic E-state index is 0.134. The Morgan fingerprint density at radius 3 is 2.45 bits per heavy atom. The third kappa shape index (κ3) is 3.58. The number of rotatable bonds is 4. The summed E-state index contributed by atoms with van der Waals surface area (Å²) in [7, 11) is 0. The first kappa shape index (κ1) is 15.0. The second-order valence-corrected chi connectivity index (χ2v) is 5.51. The maximum atomic E-state index is 12.5. The van der Waals surface area contributed by atoms with Gasteiger partial charge in [0.2, 0.25) is 0 Å². The van der Waals surface area contributed by atoms with Crippen LogP contribution in [0.3, 0.4) is 0 Å². The highest BCUT2D eigenvalue weighted by Gasteiger charge is 2.21. The number of hydrogen-bond donors (Lipinski definition) is 1. The van der Waals surface area contributed by atoms with E-state index in [0.717, 1.165) is 50.3 Å². The third-order valence-corrected chi connectivity index (χ3v) is 4.05. The zero-order chi connectivity index (χ0) is 14.5. The lowest BCUT2D eigenvalue weighted by atomic mass is 10.1. The normalized spacial score (nSPS) is 16.4. The first-order valence-electron chi connectivity index (χ1n) is 7.31. The largest absolute Gasteiger partial charge is 0.396 e. The van der Waals surface area contributed by atoms with Crippen LogP contribution in [-0.4, -0.2) is 60.1 Å². The molecule has 0 bridgehead atoms. The highest BCUT2D eigenvalue weighted by molar-refractivity contribution is 5.94. The summed E-state index contributed by atoms with van der Waals surface area (Å²) in [6, 6.07) is 5.92. The molecule has 1 aromatic rings. The third-order valence-electron chi connectivity index (χ3n) is 4.05. The number of amides is 1. The molecule has 0 radical (unpaired) electrons. The molecule has 110 valence electrons. The van der Waals surface area contributed by atoms with Crippen LogP contribution in [0.5, 0.6) is 0 Å². The fraction of sp³-hybridized carbons (Fsp3) is 0.562. The van der Waals surface area contributed by atoms with Crippen molar-refractivity contribution in [2.75, 3.05) is 39.3 Å². The van der Waals surface area contributed by atoms with Gasteiger partial charge in [0, 0.05) is 44.9 Å². The van der Waals surface area contributed by atoms with E-state index in [1.165, 1.54) is 5.56 Å². The standard InChI is InChI=1S/C16H24N2O2/c1-13-4-5-15(12-14(13)2)16(20)18-9-7-17(8-10-18)6-3-11-19/h4-5,12,19H,3,6-11H2,1-2H3. The summed E-state index contributed by atoms with van der Waals surface area (Å²) in [5.41, 5.74) is 3.17. The predicted molar refractivity (Wildman–Crippen MR) is 80.0 cm³/mol. The molecule has 1 aromatic carbocycles. The van der Waals surface area contributed by atoms with Gasteiger partial charge in [-0.1, -0.05) is 6.07 Å². The number of aryl methyl sites for hydroxylation is 2. The number of benzene rings is 1. The fourth-order valence-electron chi connectivity index (χ4n) is 2.53. The van der Waals surface area contributed by atoms with E-state index in [2.05, 4.69) is 11.8 Å². The predicted octanol–water partition coefficient (Wildman–Crippen LogP) is 1.44. The Kier molecular flexibility index (Phi) is 5.15. The van der Waals surface area contributed by atoms with Crippen molar-refractivity contribution in [3.05, 3.63) is 34.9 Å². The van der Waals surface area contributed by atoms with E-state index in [4.69, 9.17) is 5.11 Å². The number of carbonyl (C=O) groups excluding carboxylic acids is 1. The van der Waals surface area contributed by atoms with Crippen molar-refractivity contribution in [3.63, 3.8) is 0 Å². The molecule has 1 amide bonds. The molecule has 0 aromatic heterocycles. The smallest absolute Gasteiger partial charge is 0.253 e. The first-order valence-corrected chi connectivity index (χ1v) is 7.31. The van der Waals surface area contributed by atoms with Gasteiger partial charge in [-0.25, -0.2) is 0 Å². The number of carbonyl (C=O) groups is 1. The molecule has 0 unspecified atom stereocenters. The molecule has 20 heavy (non-hydrogen) atoms. The number of nitrogens with zero attached hydrogens (tertiary/aromatic N) is 2. The first-order chi connectivity index (χ1) is 9.61. The van der Waals surface area contributed by atoms with Crippen molar-refractivity contribution in [2.24, 2.45) is 0 Å². The molecular formula is C16H24N2O2. The lowest BCUT2D eigenvalue weighted by Gasteiger charge is -2.34. The molecule has 0 aliphatic carbocycles. The number of aliphatic hydroxyl groups excluding tert-OH is 1. The average molecular weight is 276 g/mol. The van der Waals surface area contributed by atoms with Gasteiger partial charge in [0.05, 0.1) is 0 Å². The summed E-state index contributed by atoms with van der Waals surface area (Å²) >= 11 is 0. The SMILES string of the molecule is Cc1ccc(C(=O)N2CCN(CCCO)CC2)cc1C. The highest BCUT2D eigenvalue weighted by Crippen LogP contribution is 2.13. The summed E-state index contributed by atoms with van der Waals surface area (Å²) < 4.78 is 0. The molecule has 1 aliphatic heterocycles. The summed E-state index contributed by atoms with van der Waals surface area (Å²) in [4.78, 5) is 16.7.